The summed E-state index contributed by atoms with van der Waals surface area (Å²) in [4.78, 5) is 12.3. The molecule has 1 amide bonds. The summed E-state index contributed by atoms with van der Waals surface area (Å²) in [7, 11) is 0. The highest BCUT2D eigenvalue weighted by Gasteiger charge is 2.40. The van der Waals surface area contributed by atoms with E-state index in [-0.39, 0.29) is 22.8 Å². The third kappa shape index (κ3) is 2.76. The Morgan fingerprint density at radius 1 is 1.50 bits per heavy atom. The average molecular weight is 226 g/mol. The maximum Gasteiger partial charge on any atom is 0.227 e. The van der Waals surface area contributed by atoms with E-state index in [0.717, 1.165) is 25.9 Å². The molecule has 1 saturated heterocycles. The van der Waals surface area contributed by atoms with Crippen molar-refractivity contribution in [2.24, 2.45) is 10.8 Å². The Hall–Kier alpha value is -0.570. The van der Waals surface area contributed by atoms with Crippen molar-refractivity contribution in [3.8, 4) is 0 Å². The quantitative estimate of drug-likeness (QED) is 0.772. The van der Waals surface area contributed by atoms with Crippen LogP contribution in [0, 0.1) is 10.8 Å². The molecule has 0 saturated carbocycles. The van der Waals surface area contributed by atoms with Crippen molar-refractivity contribution < 1.29 is 4.79 Å². The number of hydrogen-bond acceptors (Lipinski definition) is 2. The molecule has 0 spiro atoms. The van der Waals surface area contributed by atoms with Crippen LogP contribution in [0.5, 0.6) is 0 Å². The predicted octanol–water partition coefficient (Wildman–Crippen LogP) is 1.93. The fourth-order valence-corrected chi connectivity index (χ4v) is 1.97. The summed E-state index contributed by atoms with van der Waals surface area (Å²) >= 11 is 0. The summed E-state index contributed by atoms with van der Waals surface area (Å²) < 4.78 is 0. The minimum absolute atomic E-state index is 0.122. The summed E-state index contributed by atoms with van der Waals surface area (Å²) in [5.41, 5.74) is -0.0455. The predicted molar refractivity (Wildman–Crippen MR) is 67.3 cm³/mol. The molecule has 2 N–H and O–H groups in total. The molecule has 1 aliphatic rings. The van der Waals surface area contributed by atoms with Gasteiger partial charge in [-0.15, -0.1) is 0 Å². The average Bonchev–Trinajstić information content (AvgIpc) is 2.65. The molecule has 16 heavy (non-hydrogen) atoms. The van der Waals surface area contributed by atoms with Gasteiger partial charge in [-0.2, -0.15) is 0 Å². The number of carbonyl (C=O) groups excluding carboxylic acids is 1. The molecule has 0 bridgehead atoms. The fourth-order valence-electron chi connectivity index (χ4n) is 1.97. The van der Waals surface area contributed by atoms with Gasteiger partial charge in [0.15, 0.2) is 0 Å². The SMILES string of the molecule is CCC1(C(=O)NC(C)C(C)(C)C)CCNC1. The van der Waals surface area contributed by atoms with Crippen LogP contribution in [0.3, 0.4) is 0 Å². The van der Waals surface area contributed by atoms with Crippen molar-refractivity contribution in [1.82, 2.24) is 10.6 Å². The van der Waals surface area contributed by atoms with E-state index in [9.17, 15) is 4.79 Å². The molecule has 0 aliphatic carbocycles. The van der Waals surface area contributed by atoms with E-state index >= 15 is 0 Å². The van der Waals surface area contributed by atoms with Crippen LogP contribution in [-0.2, 0) is 4.79 Å². The lowest BCUT2D eigenvalue weighted by Gasteiger charge is -2.33. The molecule has 0 aromatic heterocycles. The van der Waals surface area contributed by atoms with Gasteiger partial charge in [0.1, 0.15) is 0 Å². The maximum atomic E-state index is 12.3. The largest absolute Gasteiger partial charge is 0.353 e. The molecule has 1 fully saturated rings. The lowest BCUT2D eigenvalue weighted by atomic mass is 9.81. The van der Waals surface area contributed by atoms with Gasteiger partial charge >= 0.3 is 0 Å². The maximum absolute atomic E-state index is 12.3. The highest BCUT2D eigenvalue weighted by Crippen LogP contribution is 2.30. The lowest BCUT2D eigenvalue weighted by Crippen LogP contribution is -2.49. The zero-order chi connectivity index (χ0) is 12.4. The second-order valence-corrected chi connectivity index (χ2v) is 6.12. The van der Waals surface area contributed by atoms with Crippen molar-refractivity contribution in [1.29, 1.82) is 0 Å². The first kappa shape index (κ1) is 13.5. The van der Waals surface area contributed by atoms with Gasteiger partial charge in [0.25, 0.3) is 0 Å². The number of hydrogen-bond donors (Lipinski definition) is 2. The Balaban J connectivity index is 2.64. The molecule has 1 aliphatic heterocycles. The van der Waals surface area contributed by atoms with E-state index in [1.54, 1.807) is 0 Å². The van der Waals surface area contributed by atoms with Gasteiger partial charge in [-0.05, 0) is 31.7 Å². The number of rotatable bonds is 3. The molecule has 1 rings (SSSR count). The van der Waals surface area contributed by atoms with Crippen LogP contribution in [-0.4, -0.2) is 25.0 Å². The van der Waals surface area contributed by atoms with Crippen molar-refractivity contribution in [2.45, 2.75) is 53.5 Å². The van der Waals surface area contributed by atoms with E-state index < -0.39 is 0 Å². The van der Waals surface area contributed by atoms with Crippen LogP contribution in [0.25, 0.3) is 0 Å². The summed E-state index contributed by atoms with van der Waals surface area (Å²) in [6.45, 7) is 12.5. The molecule has 94 valence electrons. The Morgan fingerprint density at radius 3 is 2.50 bits per heavy atom. The molecule has 0 aromatic rings. The summed E-state index contributed by atoms with van der Waals surface area (Å²) in [6.07, 6.45) is 1.88. The topological polar surface area (TPSA) is 41.1 Å². The Morgan fingerprint density at radius 2 is 2.12 bits per heavy atom. The fraction of sp³-hybridized carbons (Fsp3) is 0.923. The third-order valence-electron chi connectivity index (χ3n) is 4.05. The van der Waals surface area contributed by atoms with E-state index in [1.807, 2.05) is 0 Å². The molecule has 2 atom stereocenters. The van der Waals surface area contributed by atoms with Gasteiger partial charge < -0.3 is 10.6 Å². The smallest absolute Gasteiger partial charge is 0.227 e. The molecule has 2 unspecified atom stereocenters. The highest BCUT2D eigenvalue weighted by atomic mass is 16.2. The van der Waals surface area contributed by atoms with Crippen LogP contribution >= 0.6 is 0 Å². The Kier molecular flexibility index (Phi) is 4.00. The van der Waals surface area contributed by atoms with E-state index in [2.05, 4.69) is 45.3 Å². The van der Waals surface area contributed by atoms with Gasteiger partial charge in [0.05, 0.1) is 5.41 Å². The zero-order valence-corrected chi connectivity index (χ0v) is 11.3. The highest BCUT2D eigenvalue weighted by molar-refractivity contribution is 5.83. The summed E-state index contributed by atoms with van der Waals surface area (Å²) in [6, 6.07) is 0.212. The Labute approximate surface area is 99.4 Å². The van der Waals surface area contributed by atoms with Crippen LogP contribution in [0.2, 0.25) is 0 Å². The number of carbonyl (C=O) groups is 1. The zero-order valence-electron chi connectivity index (χ0n) is 11.3. The molecule has 0 radical (unpaired) electrons. The normalized spacial score (nSPS) is 27.8. The minimum Gasteiger partial charge on any atom is -0.353 e. The first-order chi connectivity index (χ1) is 7.32. The van der Waals surface area contributed by atoms with Crippen molar-refractivity contribution >= 4 is 5.91 Å². The monoisotopic (exact) mass is 226 g/mol. The second kappa shape index (κ2) is 4.74. The van der Waals surface area contributed by atoms with Crippen molar-refractivity contribution in [2.75, 3.05) is 13.1 Å². The second-order valence-electron chi connectivity index (χ2n) is 6.12. The number of nitrogens with one attached hydrogen (secondary N) is 2. The molecular formula is C13H26N2O. The van der Waals surface area contributed by atoms with Crippen LogP contribution in [0.15, 0.2) is 0 Å². The molecule has 3 nitrogen and oxygen atoms in total. The summed E-state index contributed by atoms with van der Waals surface area (Å²) in [5.74, 6) is 0.224. The molecular weight excluding hydrogens is 200 g/mol. The van der Waals surface area contributed by atoms with Gasteiger partial charge in [0.2, 0.25) is 5.91 Å². The van der Waals surface area contributed by atoms with Gasteiger partial charge in [-0.25, -0.2) is 0 Å². The molecule has 3 heteroatoms. The Bertz CT molecular complexity index is 249. The van der Waals surface area contributed by atoms with E-state index in [4.69, 9.17) is 0 Å². The molecule has 1 heterocycles. The minimum atomic E-state index is -0.167. The van der Waals surface area contributed by atoms with Gasteiger partial charge in [-0.3, -0.25) is 4.79 Å². The number of amides is 1. The van der Waals surface area contributed by atoms with Crippen molar-refractivity contribution in [3.05, 3.63) is 0 Å². The summed E-state index contributed by atoms with van der Waals surface area (Å²) in [5, 5.41) is 6.47. The molecule has 0 aromatic carbocycles. The third-order valence-corrected chi connectivity index (χ3v) is 4.05. The van der Waals surface area contributed by atoms with E-state index in [0.29, 0.717) is 0 Å². The van der Waals surface area contributed by atoms with Crippen LogP contribution < -0.4 is 10.6 Å². The van der Waals surface area contributed by atoms with Crippen LogP contribution in [0.1, 0.15) is 47.5 Å². The van der Waals surface area contributed by atoms with Gasteiger partial charge in [-0.1, -0.05) is 27.7 Å². The van der Waals surface area contributed by atoms with Crippen molar-refractivity contribution in [3.63, 3.8) is 0 Å². The first-order valence-corrected chi connectivity index (χ1v) is 6.33. The van der Waals surface area contributed by atoms with Crippen LogP contribution in [0.4, 0.5) is 0 Å². The van der Waals surface area contributed by atoms with E-state index in [1.165, 1.54) is 0 Å². The first-order valence-electron chi connectivity index (χ1n) is 6.33. The van der Waals surface area contributed by atoms with Gasteiger partial charge in [0, 0.05) is 12.6 Å². The lowest BCUT2D eigenvalue weighted by molar-refractivity contribution is -0.131. The standard InChI is InChI=1S/C13H26N2O/c1-6-13(7-8-14-9-13)11(16)15-10(2)12(3,4)5/h10,14H,6-9H2,1-5H3,(H,15,16).